The molecule has 0 radical (unpaired) electrons. The van der Waals surface area contributed by atoms with Crippen molar-refractivity contribution in [2.75, 3.05) is 0 Å². The van der Waals surface area contributed by atoms with E-state index in [1.165, 1.54) is 0 Å². The summed E-state index contributed by atoms with van der Waals surface area (Å²) in [4.78, 5) is 15.0. The van der Waals surface area contributed by atoms with Gasteiger partial charge in [0.15, 0.2) is 5.58 Å². The standard InChI is InChI=1S/C39H24N4O/c1-3-9-26(10-4-1)33-24-43-23-29(19-22-35(43)40-33)25-15-17-27(18-16-25)37-31-20-21-34-38(36(31)30-13-7-8-14-32(30)41-37)42-39(44-34)28-11-5-2-6-12-28/h1-24H. The highest BCUT2D eigenvalue weighted by atomic mass is 16.3. The molecule has 0 unspecified atom stereocenters. The number of nitrogens with zero attached hydrogens (tertiary/aromatic N) is 4. The zero-order valence-electron chi connectivity index (χ0n) is 23.6. The Hall–Kier alpha value is -6.07. The Kier molecular flexibility index (Phi) is 5.43. The number of hydrogen-bond donors (Lipinski definition) is 0. The van der Waals surface area contributed by atoms with Crippen LogP contribution in [0.5, 0.6) is 0 Å². The largest absolute Gasteiger partial charge is 0.436 e. The van der Waals surface area contributed by atoms with Gasteiger partial charge in [-0.15, -0.1) is 0 Å². The lowest BCUT2D eigenvalue weighted by molar-refractivity contribution is 0.620. The molecular formula is C39H24N4O. The second-order valence-corrected chi connectivity index (χ2v) is 11.0. The van der Waals surface area contributed by atoms with Gasteiger partial charge in [0.25, 0.3) is 0 Å². The summed E-state index contributed by atoms with van der Waals surface area (Å²) < 4.78 is 8.33. The van der Waals surface area contributed by atoms with Crippen LogP contribution in [0.25, 0.3) is 83.5 Å². The first-order valence-corrected chi connectivity index (χ1v) is 14.6. The van der Waals surface area contributed by atoms with Crippen molar-refractivity contribution in [3.63, 3.8) is 0 Å². The maximum absolute atomic E-state index is 6.24. The Balaban J connectivity index is 1.15. The van der Waals surface area contributed by atoms with Crippen LogP contribution in [-0.2, 0) is 0 Å². The number of para-hydroxylation sites is 1. The molecule has 0 saturated carbocycles. The summed E-state index contributed by atoms with van der Waals surface area (Å²) in [5, 5.41) is 3.16. The third kappa shape index (κ3) is 3.98. The molecule has 206 valence electrons. The van der Waals surface area contributed by atoms with E-state index in [-0.39, 0.29) is 0 Å². The van der Waals surface area contributed by atoms with Crippen molar-refractivity contribution in [1.29, 1.82) is 0 Å². The summed E-state index contributed by atoms with van der Waals surface area (Å²) in [6, 6.07) is 45.5. The minimum Gasteiger partial charge on any atom is -0.436 e. The van der Waals surface area contributed by atoms with Crippen molar-refractivity contribution >= 4 is 38.4 Å². The molecule has 5 aromatic carbocycles. The minimum atomic E-state index is 0.616. The van der Waals surface area contributed by atoms with Crippen LogP contribution in [0.1, 0.15) is 0 Å². The van der Waals surface area contributed by atoms with Crippen molar-refractivity contribution in [3.8, 4) is 45.1 Å². The predicted octanol–water partition coefficient (Wildman–Crippen LogP) is 9.84. The molecule has 0 spiro atoms. The third-order valence-corrected chi connectivity index (χ3v) is 8.25. The first-order chi connectivity index (χ1) is 21.8. The van der Waals surface area contributed by atoms with E-state index in [2.05, 4.69) is 89.6 Å². The molecule has 0 aliphatic carbocycles. The van der Waals surface area contributed by atoms with E-state index in [9.17, 15) is 0 Å². The smallest absolute Gasteiger partial charge is 0.227 e. The van der Waals surface area contributed by atoms with Gasteiger partial charge in [0, 0.05) is 45.2 Å². The highest BCUT2D eigenvalue weighted by Gasteiger charge is 2.17. The Morgan fingerprint density at radius 3 is 2.00 bits per heavy atom. The van der Waals surface area contributed by atoms with Gasteiger partial charge in [0.2, 0.25) is 5.89 Å². The number of pyridine rings is 2. The van der Waals surface area contributed by atoms with Crippen LogP contribution in [0.2, 0.25) is 0 Å². The fourth-order valence-corrected chi connectivity index (χ4v) is 6.08. The summed E-state index contributed by atoms with van der Waals surface area (Å²) >= 11 is 0. The number of hydrogen-bond acceptors (Lipinski definition) is 4. The van der Waals surface area contributed by atoms with Crippen LogP contribution < -0.4 is 0 Å². The Labute approximate surface area is 252 Å². The highest BCUT2D eigenvalue weighted by Crippen LogP contribution is 2.38. The van der Waals surface area contributed by atoms with E-state index in [4.69, 9.17) is 19.4 Å². The number of fused-ring (bicyclic) bond motifs is 6. The average molecular weight is 565 g/mol. The number of aromatic nitrogens is 4. The molecule has 44 heavy (non-hydrogen) atoms. The molecular weight excluding hydrogens is 540 g/mol. The van der Waals surface area contributed by atoms with Gasteiger partial charge in [-0.05, 0) is 53.6 Å². The molecule has 0 fully saturated rings. The minimum absolute atomic E-state index is 0.616. The molecule has 9 rings (SSSR count). The van der Waals surface area contributed by atoms with E-state index in [0.717, 1.165) is 77.6 Å². The fraction of sp³-hybridized carbons (Fsp3) is 0. The second-order valence-electron chi connectivity index (χ2n) is 11.0. The second kappa shape index (κ2) is 9.75. The van der Waals surface area contributed by atoms with Gasteiger partial charge < -0.3 is 8.82 Å². The van der Waals surface area contributed by atoms with Gasteiger partial charge in [-0.2, -0.15) is 0 Å². The Bertz CT molecular complexity index is 2480. The summed E-state index contributed by atoms with van der Waals surface area (Å²) in [7, 11) is 0. The van der Waals surface area contributed by atoms with Gasteiger partial charge >= 0.3 is 0 Å². The lowest BCUT2D eigenvalue weighted by Gasteiger charge is -2.11. The van der Waals surface area contributed by atoms with E-state index in [1.54, 1.807) is 0 Å². The van der Waals surface area contributed by atoms with E-state index in [1.807, 2.05) is 60.7 Å². The van der Waals surface area contributed by atoms with E-state index < -0.39 is 0 Å². The van der Waals surface area contributed by atoms with Crippen molar-refractivity contribution in [3.05, 3.63) is 146 Å². The fourth-order valence-electron chi connectivity index (χ4n) is 6.08. The molecule has 9 aromatic rings. The normalized spacial score (nSPS) is 11.6. The van der Waals surface area contributed by atoms with Crippen molar-refractivity contribution < 1.29 is 4.42 Å². The molecule has 0 aliphatic heterocycles. The third-order valence-electron chi connectivity index (χ3n) is 8.25. The highest BCUT2D eigenvalue weighted by molar-refractivity contribution is 6.20. The van der Waals surface area contributed by atoms with E-state index >= 15 is 0 Å². The first kappa shape index (κ1) is 24.5. The van der Waals surface area contributed by atoms with Gasteiger partial charge in [0.05, 0.1) is 16.9 Å². The lowest BCUT2D eigenvalue weighted by atomic mass is 9.97. The summed E-state index contributed by atoms with van der Waals surface area (Å²) in [5.41, 5.74) is 10.7. The van der Waals surface area contributed by atoms with Crippen LogP contribution in [-0.4, -0.2) is 19.4 Å². The quantitative estimate of drug-likeness (QED) is 0.200. The number of oxazole rings is 1. The van der Waals surface area contributed by atoms with Gasteiger partial charge in [-0.1, -0.05) is 91.0 Å². The summed E-state index contributed by atoms with van der Waals surface area (Å²) in [5.74, 6) is 0.616. The maximum Gasteiger partial charge on any atom is 0.227 e. The van der Waals surface area contributed by atoms with Crippen molar-refractivity contribution in [2.24, 2.45) is 0 Å². The Morgan fingerprint density at radius 1 is 0.477 bits per heavy atom. The molecule has 4 heterocycles. The SMILES string of the molecule is c1ccc(-c2cn3cc(-c4ccc(-c5nc6ccccc6c6c5ccc5oc(-c7ccccc7)nc56)cc4)ccc3n2)cc1. The number of benzene rings is 5. The van der Waals surface area contributed by atoms with Gasteiger partial charge in [0.1, 0.15) is 11.2 Å². The molecule has 4 aromatic heterocycles. The Morgan fingerprint density at radius 2 is 1.18 bits per heavy atom. The van der Waals surface area contributed by atoms with Gasteiger partial charge in [-0.25, -0.2) is 15.0 Å². The zero-order chi connectivity index (χ0) is 29.0. The molecule has 0 N–H and O–H groups in total. The predicted molar refractivity (Wildman–Crippen MR) is 177 cm³/mol. The number of imidazole rings is 1. The topological polar surface area (TPSA) is 56.2 Å². The van der Waals surface area contributed by atoms with Crippen LogP contribution >= 0.6 is 0 Å². The first-order valence-electron chi connectivity index (χ1n) is 14.6. The average Bonchev–Trinajstić information content (AvgIpc) is 3.73. The van der Waals surface area contributed by atoms with Crippen LogP contribution in [0, 0.1) is 0 Å². The summed E-state index contributed by atoms with van der Waals surface area (Å²) in [6.07, 6.45) is 4.22. The molecule has 0 amide bonds. The van der Waals surface area contributed by atoms with E-state index in [0.29, 0.717) is 5.89 Å². The molecule has 0 saturated heterocycles. The maximum atomic E-state index is 6.24. The zero-order valence-corrected chi connectivity index (χ0v) is 23.6. The van der Waals surface area contributed by atoms with Crippen LogP contribution in [0.15, 0.2) is 150 Å². The van der Waals surface area contributed by atoms with Gasteiger partial charge in [-0.3, -0.25) is 0 Å². The molecule has 0 aliphatic rings. The molecule has 5 heteroatoms. The molecule has 0 bridgehead atoms. The molecule has 5 nitrogen and oxygen atoms in total. The van der Waals surface area contributed by atoms with Crippen LogP contribution in [0.3, 0.4) is 0 Å². The number of rotatable bonds is 4. The lowest BCUT2D eigenvalue weighted by Crippen LogP contribution is -1.91. The van der Waals surface area contributed by atoms with Crippen LogP contribution in [0.4, 0.5) is 0 Å². The van der Waals surface area contributed by atoms with Crippen molar-refractivity contribution in [2.45, 2.75) is 0 Å². The monoisotopic (exact) mass is 564 g/mol. The van der Waals surface area contributed by atoms with Crippen molar-refractivity contribution in [1.82, 2.24) is 19.4 Å². The summed E-state index contributed by atoms with van der Waals surface area (Å²) in [6.45, 7) is 0. The molecule has 0 atom stereocenters.